The minimum absolute atomic E-state index is 0.424. The summed E-state index contributed by atoms with van der Waals surface area (Å²) < 4.78 is 1.85. The Morgan fingerprint density at radius 2 is 2.31 bits per heavy atom. The predicted octanol–water partition coefficient (Wildman–Crippen LogP) is 0.828. The molecule has 5 nitrogen and oxygen atoms in total. The average molecular weight is 176 g/mol. The Morgan fingerprint density at radius 1 is 1.46 bits per heavy atom. The van der Waals surface area contributed by atoms with Gasteiger partial charge in [-0.15, -0.1) is 0 Å². The summed E-state index contributed by atoms with van der Waals surface area (Å²) in [6.07, 6.45) is 4.06. The lowest BCUT2D eigenvalue weighted by Crippen LogP contribution is -1.96. The number of anilines is 1. The third-order valence-electron chi connectivity index (χ3n) is 1.77. The van der Waals surface area contributed by atoms with E-state index in [0.29, 0.717) is 11.3 Å². The molecule has 0 spiro atoms. The lowest BCUT2D eigenvalue weighted by molar-refractivity contribution is 0.885. The molecular weight excluding hydrogens is 166 g/mol. The van der Waals surface area contributed by atoms with Crippen molar-refractivity contribution in [2.75, 3.05) is 5.73 Å². The normalized spacial score (nSPS) is 10.8. The van der Waals surface area contributed by atoms with Crippen LogP contribution in [0, 0.1) is 6.54 Å². The molecule has 0 saturated heterocycles. The van der Waals surface area contributed by atoms with Gasteiger partial charge in [0.05, 0.1) is 12.9 Å². The van der Waals surface area contributed by atoms with Gasteiger partial charge >= 0.3 is 0 Å². The monoisotopic (exact) mass is 176 g/mol. The summed E-state index contributed by atoms with van der Waals surface area (Å²) in [5, 5.41) is 0. The van der Waals surface area contributed by atoms with E-state index in [4.69, 9.17) is 5.73 Å². The Kier molecular flexibility index (Phi) is 1.84. The Balaban J connectivity index is 2.61. The molecule has 0 aliphatic carbocycles. The summed E-state index contributed by atoms with van der Waals surface area (Å²) in [7, 11) is 0. The lowest BCUT2D eigenvalue weighted by Gasteiger charge is -1.98. The molecule has 2 heterocycles. The van der Waals surface area contributed by atoms with Crippen LogP contribution in [0.5, 0.6) is 0 Å². The zero-order valence-electron chi connectivity index (χ0n) is 7.31. The lowest BCUT2D eigenvalue weighted by atomic mass is 10.4. The Labute approximate surface area is 75.6 Å². The van der Waals surface area contributed by atoms with Crippen LogP contribution in [-0.4, -0.2) is 19.5 Å². The van der Waals surface area contributed by atoms with Crippen LogP contribution in [0.4, 0.5) is 5.82 Å². The number of rotatable bonds is 2. The third-order valence-corrected chi connectivity index (χ3v) is 1.77. The van der Waals surface area contributed by atoms with Crippen LogP contribution in [0.25, 0.3) is 11.2 Å². The number of imidazole rings is 1. The molecule has 0 aromatic carbocycles. The van der Waals surface area contributed by atoms with Crippen molar-refractivity contribution in [1.29, 1.82) is 0 Å². The number of aromatic nitrogens is 4. The molecule has 0 atom stereocenters. The van der Waals surface area contributed by atoms with Gasteiger partial charge in [-0.05, 0) is 6.42 Å². The quantitative estimate of drug-likeness (QED) is 0.735. The molecule has 0 fully saturated rings. The first-order valence-corrected chi connectivity index (χ1v) is 4.09. The summed E-state index contributed by atoms with van der Waals surface area (Å²) in [5.41, 5.74) is 7.04. The van der Waals surface area contributed by atoms with Crippen LogP contribution in [0.15, 0.2) is 12.7 Å². The van der Waals surface area contributed by atoms with Gasteiger partial charge in [-0.3, -0.25) is 0 Å². The highest BCUT2D eigenvalue weighted by molar-refractivity contribution is 5.81. The molecule has 0 unspecified atom stereocenters. The van der Waals surface area contributed by atoms with Gasteiger partial charge in [-0.1, -0.05) is 6.92 Å². The van der Waals surface area contributed by atoms with Crippen molar-refractivity contribution in [3.8, 4) is 0 Å². The molecule has 2 N–H and O–H groups in total. The van der Waals surface area contributed by atoms with Crippen molar-refractivity contribution >= 4 is 17.0 Å². The fourth-order valence-electron chi connectivity index (χ4n) is 1.20. The van der Waals surface area contributed by atoms with E-state index in [0.717, 1.165) is 12.1 Å². The van der Waals surface area contributed by atoms with Gasteiger partial charge in [-0.25, -0.2) is 15.0 Å². The van der Waals surface area contributed by atoms with Crippen LogP contribution < -0.4 is 5.73 Å². The summed E-state index contributed by atoms with van der Waals surface area (Å²) in [6.45, 7) is 4.04. The number of hydrogen-bond donors (Lipinski definition) is 1. The van der Waals surface area contributed by atoms with Crippen molar-refractivity contribution in [3.63, 3.8) is 0 Å². The van der Waals surface area contributed by atoms with Gasteiger partial charge in [0.1, 0.15) is 11.8 Å². The zero-order chi connectivity index (χ0) is 9.26. The molecule has 0 aliphatic rings. The smallest absolute Gasteiger partial charge is 0.165 e. The Hall–Kier alpha value is -1.65. The van der Waals surface area contributed by atoms with Gasteiger partial charge in [0.15, 0.2) is 11.5 Å². The zero-order valence-corrected chi connectivity index (χ0v) is 7.31. The topological polar surface area (TPSA) is 69.6 Å². The SMILES string of the molecule is CC[CH]n1cnc2c(N)ncnc21. The van der Waals surface area contributed by atoms with Crippen molar-refractivity contribution < 1.29 is 0 Å². The van der Waals surface area contributed by atoms with E-state index in [9.17, 15) is 0 Å². The third kappa shape index (κ3) is 1.22. The molecule has 0 bridgehead atoms. The van der Waals surface area contributed by atoms with Crippen molar-refractivity contribution in [2.45, 2.75) is 13.3 Å². The maximum Gasteiger partial charge on any atom is 0.165 e. The van der Waals surface area contributed by atoms with E-state index in [1.807, 2.05) is 11.1 Å². The van der Waals surface area contributed by atoms with E-state index in [-0.39, 0.29) is 0 Å². The van der Waals surface area contributed by atoms with E-state index in [1.165, 1.54) is 6.33 Å². The molecule has 13 heavy (non-hydrogen) atoms. The largest absolute Gasteiger partial charge is 0.382 e. The minimum atomic E-state index is 0.424. The van der Waals surface area contributed by atoms with Crippen LogP contribution in [0.2, 0.25) is 0 Å². The first-order valence-electron chi connectivity index (χ1n) is 4.09. The van der Waals surface area contributed by atoms with E-state index in [2.05, 4.69) is 21.9 Å². The number of nitrogens with two attached hydrogens (primary N) is 1. The summed E-state index contributed by atoms with van der Waals surface area (Å²) in [4.78, 5) is 12.1. The summed E-state index contributed by atoms with van der Waals surface area (Å²) >= 11 is 0. The highest BCUT2D eigenvalue weighted by Gasteiger charge is 2.06. The first-order chi connectivity index (χ1) is 6.33. The molecule has 2 aromatic rings. The predicted molar refractivity (Wildman–Crippen MR) is 49.7 cm³/mol. The summed E-state index contributed by atoms with van der Waals surface area (Å²) in [5.74, 6) is 0.424. The number of nitrogens with zero attached hydrogens (tertiary/aromatic N) is 4. The standard InChI is InChI=1S/C8H10N5/c1-2-3-13-5-12-6-7(9)10-4-11-8(6)13/h3-5H,2H2,1H3,(H2,9,10,11). The second-order valence-electron chi connectivity index (χ2n) is 2.67. The maximum atomic E-state index is 5.62. The van der Waals surface area contributed by atoms with Crippen molar-refractivity contribution in [1.82, 2.24) is 19.5 Å². The van der Waals surface area contributed by atoms with Gasteiger partial charge in [0.25, 0.3) is 0 Å². The van der Waals surface area contributed by atoms with E-state index in [1.54, 1.807) is 6.33 Å². The fourth-order valence-corrected chi connectivity index (χ4v) is 1.20. The first kappa shape index (κ1) is 7.97. The molecular formula is C8H10N5. The second kappa shape index (κ2) is 3.01. The molecule has 0 aliphatic heterocycles. The van der Waals surface area contributed by atoms with Crippen molar-refractivity contribution in [3.05, 3.63) is 19.2 Å². The molecule has 2 rings (SSSR count). The molecule has 2 aromatic heterocycles. The Morgan fingerprint density at radius 3 is 3.08 bits per heavy atom. The fraction of sp³-hybridized carbons (Fsp3) is 0.250. The van der Waals surface area contributed by atoms with Crippen LogP contribution in [0.3, 0.4) is 0 Å². The minimum Gasteiger partial charge on any atom is -0.382 e. The number of nitrogen functional groups attached to an aromatic ring is 1. The van der Waals surface area contributed by atoms with Crippen LogP contribution >= 0.6 is 0 Å². The van der Waals surface area contributed by atoms with E-state index >= 15 is 0 Å². The maximum absolute atomic E-state index is 5.62. The second-order valence-corrected chi connectivity index (χ2v) is 2.67. The molecule has 0 amide bonds. The Bertz CT molecular complexity index is 419. The van der Waals surface area contributed by atoms with E-state index < -0.39 is 0 Å². The van der Waals surface area contributed by atoms with Gasteiger partial charge < -0.3 is 10.3 Å². The molecule has 0 saturated carbocycles. The van der Waals surface area contributed by atoms with Gasteiger partial charge in [0, 0.05) is 0 Å². The van der Waals surface area contributed by atoms with Crippen LogP contribution in [0.1, 0.15) is 13.3 Å². The van der Waals surface area contributed by atoms with Crippen molar-refractivity contribution in [2.24, 2.45) is 0 Å². The van der Waals surface area contributed by atoms with Gasteiger partial charge in [-0.2, -0.15) is 0 Å². The summed E-state index contributed by atoms with van der Waals surface area (Å²) in [6, 6.07) is 0. The molecule has 5 heteroatoms. The molecule has 1 radical (unpaired) electrons. The van der Waals surface area contributed by atoms with Gasteiger partial charge in [0.2, 0.25) is 0 Å². The average Bonchev–Trinajstić information content (AvgIpc) is 2.51. The molecule has 67 valence electrons. The number of hydrogen-bond acceptors (Lipinski definition) is 4. The highest BCUT2D eigenvalue weighted by atomic mass is 15.1. The number of fused-ring (bicyclic) bond motifs is 1. The highest BCUT2D eigenvalue weighted by Crippen LogP contribution is 2.14. The van der Waals surface area contributed by atoms with Crippen LogP contribution in [-0.2, 0) is 0 Å².